The van der Waals surface area contributed by atoms with Crippen molar-refractivity contribution in [3.8, 4) is 0 Å². The molecule has 0 atom stereocenters. The Bertz CT molecular complexity index is 721. The largest absolute Gasteiger partial charge is 0.323 e. The Kier molecular flexibility index (Phi) is 1.53. The summed E-state index contributed by atoms with van der Waals surface area (Å²) in [6.45, 7) is 0. The lowest BCUT2D eigenvalue weighted by Gasteiger charge is -1.97. The van der Waals surface area contributed by atoms with Gasteiger partial charge in [0.1, 0.15) is 5.52 Å². The number of nitrogens with zero attached hydrogens (tertiary/aromatic N) is 4. The second-order valence-electron chi connectivity index (χ2n) is 3.40. The molecule has 15 heavy (non-hydrogen) atoms. The average Bonchev–Trinajstić information content (AvgIpc) is 2.76. The fourth-order valence-electron chi connectivity index (χ4n) is 1.79. The SMILES string of the molecule is Cn1ncc2c3scnc3n(C)c2c1=O. The van der Waals surface area contributed by atoms with Crippen LogP contribution in [-0.2, 0) is 14.1 Å². The molecule has 0 saturated heterocycles. The molecule has 3 aromatic rings. The van der Waals surface area contributed by atoms with Crippen LogP contribution in [0.25, 0.3) is 21.3 Å². The molecule has 0 fully saturated rings. The lowest BCUT2D eigenvalue weighted by molar-refractivity contribution is 0.713. The van der Waals surface area contributed by atoms with Gasteiger partial charge in [0, 0.05) is 19.5 Å². The molecule has 3 heterocycles. The number of aromatic nitrogens is 4. The van der Waals surface area contributed by atoms with Crippen LogP contribution >= 0.6 is 11.3 Å². The first kappa shape index (κ1) is 8.60. The first-order valence-corrected chi connectivity index (χ1v) is 5.32. The third-order valence-corrected chi connectivity index (χ3v) is 3.41. The van der Waals surface area contributed by atoms with Gasteiger partial charge in [0.25, 0.3) is 5.56 Å². The summed E-state index contributed by atoms with van der Waals surface area (Å²) in [5.74, 6) is 0. The van der Waals surface area contributed by atoms with Crippen molar-refractivity contribution >= 4 is 32.6 Å². The van der Waals surface area contributed by atoms with Crippen LogP contribution in [0.15, 0.2) is 16.5 Å². The molecule has 76 valence electrons. The summed E-state index contributed by atoms with van der Waals surface area (Å²) in [5, 5.41) is 4.91. The van der Waals surface area contributed by atoms with Crippen LogP contribution in [0, 0.1) is 0 Å². The van der Waals surface area contributed by atoms with Gasteiger partial charge in [-0.25, -0.2) is 9.67 Å². The molecule has 0 spiro atoms. The van der Waals surface area contributed by atoms with E-state index in [0.29, 0.717) is 5.52 Å². The van der Waals surface area contributed by atoms with Gasteiger partial charge in [0.05, 0.1) is 16.4 Å². The topological polar surface area (TPSA) is 52.7 Å². The minimum absolute atomic E-state index is 0.0831. The Morgan fingerprint density at radius 1 is 1.40 bits per heavy atom. The van der Waals surface area contributed by atoms with Crippen molar-refractivity contribution < 1.29 is 0 Å². The van der Waals surface area contributed by atoms with Gasteiger partial charge in [-0.3, -0.25) is 4.79 Å². The van der Waals surface area contributed by atoms with Gasteiger partial charge in [-0.2, -0.15) is 5.10 Å². The standard InChI is InChI=1S/C9H8N4OS/c1-12-6-5(3-11-13(2)9(6)14)7-8(12)10-4-15-7/h3-4H,1-2H3. The number of fused-ring (bicyclic) bond motifs is 3. The van der Waals surface area contributed by atoms with Crippen LogP contribution in [0.4, 0.5) is 0 Å². The van der Waals surface area contributed by atoms with E-state index in [1.807, 2.05) is 11.6 Å². The Morgan fingerprint density at radius 2 is 2.20 bits per heavy atom. The zero-order valence-corrected chi connectivity index (χ0v) is 9.08. The van der Waals surface area contributed by atoms with Crippen LogP contribution in [0.2, 0.25) is 0 Å². The molecule has 0 aliphatic rings. The van der Waals surface area contributed by atoms with Gasteiger partial charge in [-0.05, 0) is 0 Å². The zero-order chi connectivity index (χ0) is 10.6. The summed E-state index contributed by atoms with van der Waals surface area (Å²) < 4.78 is 4.19. The molecule has 0 unspecified atom stereocenters. The van der Waals surface area contributed by atoms with Crippen LogP contribution in [0.5, 0.6) is 0 Å². The maximum absolute atomic E-state index is 11.9. The summed E-state index contributed by atoms with van der Waals surface area (Å²) in [6.07, 6.45) is 1.72. The highest BCUT2D eigenvalue weighted by Crippen LogP contribution is 2.27. The van der Waals surface area contributed by atoms with Crippen molar-refractivity contribution in [2.75, 3.05) is 0 Å². The average molecular weight is 220 g/mol. The fourth-order valence-corrected chi connectivity index (χ4v) is 2.62. The lowest BCUT2D eigenvalue weighted by atomic mass is 10.4. The van der Waals surface area contributed by atoms with Crippen molar-refractivity contribution in [1.82, 2.24) is 19.3 Å². The molecule has 0 amide bonds. The van der Waals surface area contributed by atoms with Crippen molar-refractivity contribution in [1.29, 1.82) is 0 Å². The third-order valence-electron chi connectivity index (χ3n) is 2.56. The summed E-state index contributed by atoms with van der Waals surface area (Å²) in [5.41, 5.74) is 3.21. The third kappa shape index (κ3) is 0.940. The molecule has 0 bridgehead atoms. The number of hydrogen-bond donors (Lipinski definition) is 0. The maximum Gasteiger partial charge on any atom is 0.291 e. The van der Waals surface area contributed by atoms with E-state index in [1.54, 1.807) is 18.8 Å². The molecule has 6 heteroatoms. The number of thiazole rings is 1. The van der Waals surface area contributed by atoms with Gasteiger partial charge in [-0.1, -0.05) is 0 Å². The highest BCUT2D eigenvalue weighted by Gasteiger charge is 2.14. The van der Waals surface area contributed by atoms with Gasteiger partial charge in [0.2, 0.25) is 0 Å². The molecular formula is C9H8N4OS. The van der Waals surface area contributed by atoms with E-state index >= 15 is 0 Å². The van der Waals surface area contributed by atoms with Gasteiger partial charge < -0.3 is 4.57 Å². The van der Waals surface area contributed by atoms with E-state index in [4.69, 9.17) is 0 Å². The number of aryl methyl sites for hydroxylation is 2. The molecule has 0 aromatic carbocycles. The first-order chi connectivity index (χ1) is 7.20. The highest BCUT2D eigenvalue weighted by atomic mass is 32.1. The Hall–Kier alpha value is -1.69. The summed E-state index contributed by atoms with van der Waals surface area (Å²) in [7, 11) is 3.50. The molecule has 0 saturated carbocycles. The molecule has 0 N–H and O–H groups in total. The summed E-state index contributed by atoms with van der Waals surface area (Å²) in [4.78, 5) is 16.1. The smallest absolute Gasteiger partial charge is 0.291 e. The normalized spacial score (nSPS) is 11.6. The van der Waals surface area contributed by atoms with Gasteiger partial charge >= 0.3 is 0 Å². The van der Waals surface area contributed by atoms with Crippen LogP contribution in [0.1, 0.15) is 0 Å². The fraction of sp³-hybridized carbons (Fsp3) is 0.222. The molecule has 0 aliphatic carbocycles. The molecule has 0 radical (unpaired) electrons. The van der Waals surface area contributed by atoms with Crippen LogP contribution < -0.4 is 5.56 Å². The number of hydrogen-bond acceptors (Lipinski definition) is 4. The first-order valence-electron chi connectivity index (χ1n) is 4.44. The van der Waals surface area contributed by atoms with E-state index in [1.165, 1.54) is 16.0 Å². The monoisotopic (exact) mass is 220 g/mol. The van der Waals surface area contributed by atoms with E-state index in [2.05, 4.69) is 10.1 Å². The molecular weight excluding hydrogens is 212 g/mol. The predicted octanol–water partition coefficient (Wildman–Crippen LogP) is 0.882. The van der Waals surface area contributed by atoms with E-state index in [9.17, 15) is 4.79 Å². The van der Waals surface area contributed by atoms with E-state index in [-0.39, 0.29) is 5.56 Å². The maximum atomic E-state index is 11.9. The molecule has 0 aliphatic heterocycles. The second-order valence-corrected chi connectivity index (χ2v) is 4.25. The quantitative estimate of drug-likeness (QED) is 0.565. The summed E-state index contributed by atoms with van der Waals surface area (Å²) >= 11 is 1.53. The van der Waals surface area contributed by atoms with Crippen LogP contribution in [-0.4, -0.2) is 19.3 Å². The molecule has 5 nitrogen and oxygen atoms in total. The Morgan fingerprint density at radius 3 is 3.00 bits per heavy atom. The Balaban J connectivity index is 2.74. The van der Waals surface area contributed by atoms with Crippen molar-refractivity contribution in [2.45, 2.75) is 0 Å². The second kappa shape index (κ2) is 2.66. The molecule has 3 rings (SSSR count). The lowest BCUT2D eigenvalue weighted by Crippen LogP contribution is -2.20. The van der Waals surface area contributed by atoms with Crippen LogP contribution in [0.3, 0.4) is 0 Å². The Labute approximate surface area is 88.6 Å². The zero-order valence-electron chi connectivity index (χ0n) is 8.26. The highest BCUT2D eigenvalue weighted by molar-refractivity contribution is 7.17. The summed E-state index contributed by atoms with van der Waals surface area (Å²) in [6, 6.07) is 0. The van der Waals surface area contributed by atoms with Crippen molar-refractivity contribution in [3.05, 3.63) is 22.1 Å². The number of rotatable bonds is 0. The van der Waals surface area contributed by atoms with E-state index < -0.39 is 0 Å². The van der Waals surface area contributed by atoms with Gasteiger partial charge in [-0.15, -0.1) is 11.3 Å². The van der Waals surface area contributed by atoms with Crippen molar-refractivity contribution in [3.63, 3.8) is 0 Å². The van der Waals surface area contributed by atoms with Gasteiger partial charge in [0.15, 0.2) is 5.65 Å². The minimum atomic E-state index is -0.0831. The molecule has 3 aromatic heterocycles. The predicted molar refractivity (Wildman–Crippen MR) is 59.1 cm³/mol. The van der Waals surface area contributed by atoms with Crippen molar-refractivity contribution in [2.24, 2.45) is 14.1 Å². The minimum Gasteiger partial charge on any atom is -0.323 e. The van der Waals surface area contributed by atoms with E-state index in [0.717, 1.165) is 15.7 Å².